The standard InChI is InChI=1S/C13H17N3/c1-3-11(2)10-12-4-6-13(7-5-12)16-9-8-14-15-16/h4-9,11H,3,10H2,1-2H3. The monoisotopic (exact) mass is 215 g/mol. The lowest BCUT2D eigenvalue weighted by Gasteiger charge is -2.08. The summed E-state index contributed by atoms with van der Waals surface area (Å²) in [5.74, 6) is 0.747. The Labute approximate surface area is 96.1 Å². The summed E-state index contributed by atoms with van der Waals surface area (Å²) in [5, 5.41) is 7.76. The molecule has 0 aliphatic rings. The second-order valence-electron chi connectivity index (χ2n) is 4.23. The molecule has 0 amide bonds. The average Bonchev–Trinajstić information content (AvgIpc) is 2.83. The molecule has 0 aliphatic carbocycles. The van der Waals surface area contributed by atoms with Gasteiger partial charge < -0.3 is 0 Å². The lowest BCUT2D eigenvalue weighted by molar-refractivity contribution is 0.560. The van der Waals surface area contributed by atoms with Gasteiger partial charge in [-0.25, -0.2) is 4.68 Å². The first-order chi connectivity index (χ1) is 7.79. The van der Waals surface area contributed by atoms with Crippen molar-refractivity contribution in [2.24, 2.45) is 5.92 Å². The maximum Gasteiger partial charge on any atom is 0.0697 e. The molecule has 0 fully saturated rings. The zero-order chi connectivity index (χ0) is 11.4. The molecule has 84 valence electrons. The van der Waals surface area contributed by atoms with Gasteiger partial charge in [0.1, 0.15) is 0 Å². The summed E-state index contributed by atoms with van der Waals surface area (Å²) in [5.41, 5.74) is 2.45. The summed E-state index contributed by atoms with van der Waals surface area (Å²) in [4.78, 5) is 0. The molecule has 16 heavy (non-hydrogen) atoms. The van der Waals surface area contributed by atoms with E-state index in [1.807, 2.05) is 6.20 Å². The van der Waals surface area contributed by atoms with E-state index < -0.39 is 0 Å². The van der Waals surface area contributed by atoms with Crippen molar-refractivity contribution in [3.05, 3.63) is 42.2 Å². The SMILES string of the molecule is CCC(C)Cc1ccc(-n2ccnn2)cc1. The lowest BCUT2D eigenvalue weighted by Crippen LogP contribution is -1.99. The van der Waals surface area contributed by atoms with Crippen LogP contribution in [0.3, 0.4) is 0 Å². The third-order valence-corrected chi connectivity index (χ3v) is 2.90. The zero-order valence-electron chi connectivity index (χ0n) is 9.80. The number of benzene rings is 1. The Hall–Kier alpha value is -1.64. The third kappa shape index (κ3) is 2.48. The zero-order valence-corrected chi connectivity index (χ0v) is 9.80. The largest absolute Gasteiger partial charge is 0.221 e. The second-order valence-corrected chi connectivity index (χ2v) is 4.23. The van der Waals surface area contributed by atoms with Crippen LogP contribution in [0.2, 0.25) is 0 Å². The van der Waals surface area contributed by atoms with Gasteiger partial charge in [-0.15, -0.1) is 5.10 Å². The molecular weight excluding hydrogens is 198 g/mol. The van der Waals surface area contributed by atoms with Crippen molar-refractivity contribution in [1.82, 2.24) is 15.0 Å². The van der Waals surface area contributed by atoms with Gasteiger partial charge in [-0.3, -0.25) is 0 Å². The van der Waals surface area contributed by atoms with E-state index in [4.69, 9.17) is 0 Å². The predicted molar refractivity (Wildman–Crippen MR) is 64.5 cm³/mol. The summed E-state index contributed by atoms with van der Waals surface area (Å²) in [6, 6.07) is 8.52. The van der Waals surface area contributed by atoms with Gasteiger partial charge in [-0.2, -0.15) is 0 Å². The molecular formula is C13H17N3. The summed E-state index contributed by atoms with van der Waals surface area (Å²) < 4.78 is 1.77. The minimum absolute atomic E-state index is 0.747. The maximum absolute atomic E-state index is 3.96. The first-order valence-corrected chi connectivity index (χ1v) is 5.75. The maximum atomic E-state index is 3.96. The third-order valence-electron chi connectivity index (χ3n) is 2.90. The molecule has 0 saturated carbocycles. The van der Waals surface area contributed by atoms with Gasteiger partial charge in [-0.1, -0.05) is 37.6 Å². The van der Waals surface area contributed by atoms with E-state index in [2.05, 4.69) is 48.4 Å². The van der Waals surface area contributed by atoms with Gasteiger partial charge in [0.05, 0.1) is 18.1 Å². The van der Waals surface area contributed by atoms with Crippen LogP contribution in [-0.4, -0.2) is 15.0 Å². The quantitative estimate of drug-likeness (QED) is 0.785. The molecule has 2 rings (SSSR count). The molecule has 1 aromatic heterocycles. The summed E-state index contributed by atoms with van der Waals surface area (Å²) in [6.07, 6.45) is 5.91. The molecule has 2 aromatic rings. The summed E-state index contributed by atoms with van der Waals surface area (Å²) in [6.45, 7) is 4.51. The smallest absolute Gasteiger partial charge is 0.0697 e. The van der Waals surface area contributed by atoms with Crippen LogP contribution in [0, 0.1) is 5.92 Å². The van der Waals surface area contributed by atoms with Crippen molar-refractivity contribution in [3.8, 4) is 5.69 Å². The average molecular weight is 215 g/mol. The van der Waals surface area contributed by atoms with Crippen LogP contribution in [0.5, 0.6) is 0 Å². The molecule has 0 spiro atoms. The highest BCUT2D eigenvalue weighted by molar-refractivity contribution is 5.33. The molecule has 3 heteroatoms. The normalized spacial score (nSPS) is 12.6. The molecule has 1 atom stereocenters. The molecule has 0 bridgehead atoms. The Kier molecular flexibility index (Phi) is 3.34. The van der Waals surface area contributed by atoms with Gasteiger partial charge >= 0.3 is 0 Å². The summed E-state index contributed by atoms with van der Waals surface area (Å²) in [7, 11) is 0. The van der Waals surface area contributed by atoms with Gasteiger partial charge in [0.2, 0.25) is 0 Å². The first-order valence-electron chi connectivity index (χ1n) is 5.75. The lowest BCUT2D eigenvalue weighted by atomic mass is 9.99. The van der Waals surface area contributed by atoms with Gasteiger partial charge in [0.25, 0.3) is 0 Å². The fraction of sp³-hybridized carbons (Fsp3) is 0.385. The van der Waals surface area contributed by atoms with Crippen molar-refractivity contribution >= 4 is 0 Å². The van der Waals surface area contributed by atoms with E-state index in [1.54, 1.807) is 10.9 Å². The Morgan fingerprint density at radius 1 is 1.25 bits per heavy atom. The van der Waals surface area contributed by atoms with Gasteiger partial charge in [0, 0.05) is 0 Å². The van der Waals surface area contributed by atoms with E-state index >= 15 is 0 Å². The van der Waals surface area contributed by atoms with Crippen LogP contribution >= 0.6 is 0 Å². The van der Waals surface area contributed by atoms with Crippen molar-refractivity contribution in [1.29, 1.82) is 0 Å². The molecule has 1 unspecified atom stereocenters. The highest BCUT2D eigenvalue weighted by Gasteiger charge is 2.02. The van der Waals surface area contributed by atoms with Crippen molar-refractivity contribution < 1.29 is 0 Å². The van der Waals surface area contributed by atoms with Crippen molar-refractivity contribution in [2.45, 2.75) is 26.7 Å². The van der Waals surface area contributed by atoms with E-state index in [9.17, 15) is 0 Å². The fourth-order valence-corrected chi connectivity index (χ4v) is 1.68. The van der Waals surface area contributed by atoms with E-state index in [1.165, 1.54) is 12.0 Å². The van der Waals surface area contributed by atoms with Crippen molar-refractivity contribution in [3.63, 3.8) is 0 Å². The Bertz CT molecular complexity index is 417. The fourth-order valence-electron chi connectivity index (χ4n) is 1.68. The minimum atomic E-state index is 0.747. The van der Waals surface area contributed by atoms with E-state index in [-0.39, 0.29) is 0 Å². The molecule has 3 nitrogen and oxygen atoms in total. The molecule has 1 heterocycles. The highest BCUT2D eigenvalue weighted by atomic mass is 15.4. The van der Waals surface area contributed by atoms with Gasteiger partial charge in [0.15, 0.2) is 0 Å². The summed E-state index contributed by atoms with van der Waals surface area (Å²) >= 11 is 0. The Balaban J connectivity index is 2.11. The second kappa shape index (κ2) is 4.92. The molecule has 0 N–H and O–H groups in total. The van der Waals surface area contributed by atoms with Crippen molar-refractivity contribution in [2.75, 3.05) is 0 Å². The van der Waals surface area contributed by atoms with Crippen LogP contribution in [-0.2, 0) is 6.42 Å². The van der Waals surface area contributed by atoms with E-state index in [0.717, 1.165) is 18.0 Å². The first kappa shape index (κ1) is 10.9. The molecule has 0 radical (unpaired) electrons. The predicted octanol–water partition coefficient (Wildman–Crippen LogP) is 2.86. The van der Waals surface area contributed by atoms with Gasteiger partial charge in [-0.05, 0) is 30.0 Å². The van der Waals surface area contributed by atoms with Crippen LogP contribution < -0.4 is 0 Å². The van der Waals surface area contributed by atoms with Crippen LogP contribution in [0.4, 0.5) is 0 Å². The number of rotatable bonds is 4. The topological polar surface area (TPSA) is 30.7 Å². The molecule has 1 aromatic carbocycles. The molecule has 0 saturated heterocycles. The number of hydrogen-bond acceptors (Lipinski definition) is 2. The highest BCUT2D eigenvalue weighted by Crippen LogP contribution is 2.13. The minimum Gasteiger partial charge on any atom is -0.221 e. The van der Waals surface area contributed by atoms with Crippen LogP contribution in [0.1, 0.15) is 25.8 Å². The van der Waals surface area contributed by atoms with Crippen LogP contribution in [0.25, 0.3) is 5.69 Å². The van der Waals surface area contributed by atoms with E-state index in [0.29, 0.717) is 0 Å². The van der Waals surface area contributed by atoms with Crippen LogP contribution in [0.15, 0.2) is 36.7 Å². The molecule has 0 aliphatic heterocycles. The number of hydrogen-bond donors (Lipinski definition) is 0. The number of aromatic nitrogens is 3. The number of nitrogens with zero attached hydrogens (tertiary/aromatic N) is 3. The Morgan fingerprint density at radius 2 is 2.00 bits per heavy atom. The Morgan fingerprint density at radius 3 is 2.56 bits per heavy atom.